The van der Waals surface area contributed by atoms with E-state index in [-0.39, 0.29) is 29.9 Å². The molecule has 0 spiro atoms. The van der Waals surface area contributed by atoms with Gasteiger partial charge in [0.15, 0.2) is 0 Å². The number of benzene rings is 2. The summed E-state index contributed by atoms with van der Waals surface area (Å²) in [4.78, 5) is 53.4. The van der Waals surface area contributed by atoms with Crippen molar-refractivity contribution in [2.24, 2.45) is 11.3 Å². The van der Waals surface area contributed by atoms with Gasteiger partial charge in [0.05, 0.1) is 12.1 Å². The molecule has 0 heterocycles. The molecule has 1 unspecified atom stereocenters. The predicted octanol–water partition coefficient (Wildman–Crippen LogP) is 4.93. The van der Waals surface area contributed by atoms with Crippen LogP contribution in [0.3, 0.4) is 0 Å². The molecular weight excluding hydrogens is 586 g/mol. The molecule has 0 saturated carbocycles. The summed E-state index contributed by atoms with van der Waals surface area (Å²) in [5.41, 5.74) is 7.08. The third-order valence-corrected chi connectivity index (χ3v) is 8.11. The summed E-state index contributed by atoms with van der Waals surface area (Å²) < 4.78 is 5.35. The number of nitrogens with zero attached hydrogens (tertiary/aromatic N) is 1. The van der Waals surface area contributed by atoms with Crippen LogP contribution in [0.25, 0.3) is 0 Å². The number of nitrogens with two attached hydrogens (primary N) is 1. The van der Waals surface area contributed by atoms with Crippen LogP contribution < -0.4 is 21.7 Å². The first-order valence-electron chi connectivity index (χ1n) is 15.3. The molecule has 252 valence electrons. The van der Waals surface area contributed by atoms with E-state index >= 15 is 0 Å². The zero-order chi connectivity index (χ0) is 35.0. The minimum absolute atomic E-state index is 0.0700. The number of nitrogens with one attached hydrogen (secondary N) is 3. The van der Waals surface area contributed by atoms with Crippen molar-refractivity contribution in [3.05, 3.63) is 71.3 Å². The number of carbonyl (C=O) groups is 4. The Morgan fingerprint density at radius 1 is 1.00 bits per heavy atom. The fraction of sp³-hybridized carbons (Fsp3) is 0.486. The van der Waals surface area contributed by atoms with E-state index in [0.717, 1.165) is 11.1 Å². The van der Waals surface area contributed by atoms with Gasteiger partial charge in [0.25, 0.3) is 0 Å². The molecule has 6 N–H and O–H groups in total. The number of likely N-dealkylation sites (N-methyl/N-ethyl adjacent to an activating group) is 2. The number of anilines is 2. The molecule has 0 aliphatic rings. The lowest BCUT2D eigenvalue weighted by Gasteiger charge is -2.40. The van der Waals surface area contributed by atoms with E-state index in [1.807, 2.05) is 54.5 Å². The number of carboxylic acid groups (broad SMARTS) is 1. The number of hydrogen-bond acceptors (Lipinski definition) is 7. The second-order valence-corrected chi connectivity index (χ2v) is 13.6. The smallest absolute Gasteiger partial charge is 0.411 e. The fourth-order valence-electron chi connectivity index (χ4n) is 5.20. The summed E-state index contributed by atoms with van der Waals surface area (Å²) in [6.45, 7) is 14.8. The van der Waals surface area contributed by atoms with Crippen LogP contribution in [0.4, 0.5) is 16.2 Å². The Kier molecular flexibility index (Phi) is 12.9. The van der Waals surface area contributed by atoms with E-state index < -0.39 is 41.0 Å². The molecule has 11 heteroatoms. The lowest BCUT2D eigenvalue weighted by molar-refractivity contribution is -0.141. The molecular formula is C35H51N5O6. The summed E-state index contributed by atoms with van der Waals surface area (Å²) in [5, 5.41) is 18.3. The van der Waals surface area contributed by atoms with Crippen molar-refractivity contribution < 1.29 is 29.0 Å². The Balaban J connectivity index is 2.26. The van der Waals surface area contributed by atoms with Crippen molar-refractivity contribution >= 4 is 35.3 Å². The van der Waals surface area contributed by atoms with Gasteiger partial charge < -0.3 is 31.1 Å². The van der Waals surface area contributed by atoms with Gasteiger partial charge in [-0.1, -0.05) is 78.8 Å². The van der Waals surface area contributed by atoms with Gasteiger partial charge >= 0.3 is 12.1 Å². The van der Waals surface area contributed by atoms with E-state index in [0.29, 0.717) is 11.4 Å². The van der Waals surface area contributed by atoms with Crippen molar-refractivity contribution in [1.82, 2.24) is 15.5 Å². The standard InChI is InChI=1S/C35H51N5O6/c1-21(2)27(18-22(3)32(43)44)40(10)31(42)29(34(4,5)6)39-30(41)28(37-9)35(7,8)24-12-11-13-26(19-24)38-33(45)46-20-23-14-16-25(36)17-15-23/h11-19,21,27-29,37H,20,36H2,1-10H3,(H,38,45)(H,39,41)(H,43,44)/b22-18+/t27-,28?,29-/m0/s1. The highest BCUT2D eigenvalue weighted by molar-refractivity contribution is 5.92. The second kappa shape index (κ2) is 15.8. The van der Waals surface area contributed by atoms with Crippen molar-refractivity contribution in [1.29, 1.82) is 0 Å². The first kappa shape index (κ1) is 37.8. The van der Waals surface area contributed by atoms with Crippen molar-refractivity contribution in [2.75, 3.05) is 25.1 Å². The highest BCUT2D eigenvalue weighted by Crippen LogP contribution is 2.31. The van der Waals surface area contributed by atoms with Crippen LogP contribution in [0.15, 0.2) is 60.2 Å². The number of carboxylic acids is 1. The first-order chi connectivity index (χ1) is 21.3. The summed E-state index contributed by atoms with van der Waals surface area (Å²) in [6.07, 6.45) is 0.944. The molecule has 0 aliphatic carbocycles. The topological polar surface area (TPSA) is 163 Å². The minimum atomic E-state index is -1.06. The average Bonchev–Trinajstić information content (AvgIpc) is 2.97. The van der Waals surface area contributed by atoms with Gasteiger partial charge in [-0.2, -0.15) is 0 Å². The van der Waals surface area contributed by atoms with Gasteiger partial charge in [-0.05, 0) is 60.7 Å². The Morgan fingerprint density at radius 2 is 1.61 bits per heavy atom. The molecule has 0 aromatic heterocycles. The monoisotopic (exact) mass is 637 g/mol. The molecule has 11 nitrogen and oxygen atoms in total. The summed E-state index contributed by atoms with van der Waals surface area (Å²) in [7, 11) is 3.30. The highest BCUT2D eigenvalue weighted by Gasteiger charge is 2.41. The molecule has 2 aromatic rings. The average molecular weight is 638 g/mol. The van der Waals surface area contributed by atoms with Gasteiger partial charge in [-0.15, -0.1) is 0 Å². The second-order valence-electron chi connectivity index (χ2n) is 13.6. The Labute approximate surface area is 272 Å². The van der Waals surface area contributed by atoms with Gasteiger partial charge in [0.1, 0.15) is 12.6 Å². The maximum absolute atomic E-state index is 13.9. The molecule has 3 atom stereocenters. The zero-order valence-corrected chi connectivity index (χ0v) is 28.7. The van der Waals surface area contributed by atoms with E-state index in [2.05, 4.69) is 16.0 Å². The van der Waals surface area contributed by atoms with Crippen LogP contribution >= 0.6 is 0 Å². The molecule has 0 radical (unpaired) electrons. The SMILES string of the molecule is CNC(C(=O)N[C@@H](C(=O)N(C)[C@@H](/C=C(\C)C(=O)O)C(C)C)C(C)(C)C)C(C)(C)c1cccc(NC(=O)OCc2ccc(N)cc2)c1. The Morgan fingerprint density at radius 3 is 2.13 bits per heavy atom. The fourth-order valence-corrected chi connectivity index (χ4v) is 5.20. The molecule has 2 aromatic carbocycles. The molecule has 3 amide bonds. The highest BCUT2D eigenvalue weighted by atomic mass is 16.5. The van der Waals surface area contributed by atoms with Crippen LogP contribution in [0.5, 0.6) is 0 Å². The van der Waals surface area contributed by atoms with E-state index in [4.69, 9.17) is 10.5 Å². The summed E-state index contributed by atoms with van der Waals surface area (Å²) >= 11 is 0. The van der Waals surface area contributed by atoms with Crippen LogP contribution in [0.2, 0.25) is 0 Å². The maximum Gasteiger partial charge on any atom is 0.411 e. The van der Waals surface area contributed by atoms with Crippen LogP contribution in [0, 0.1) is 11.3 Å². The lowest BCUT2D eigenvalue weighted by Crippen LogP contribution is -2.61. The third kappa shape index (κ3) is 10.1. The quantitative estimate of drug-likeness (QED) is 0.153. The third-order valence-electron chi connectivity index (χ3n) is 8.11. The number of ether oxygens (including phenoxy) is 1. The number of aliphatic carboxylic acids is 1. The van der Waals surface area contributed by atoms with Gasteiger partial charge in [-0.25, -0.2) is 9.59 Å². The predicted molar refractivity (Wildman–Crippen MR) is 181 cm³/mol. The first-order valence-corrected chi connectivity index (χ1v) is 15.3. The van der Waals surface area contributed by atoms with Crippen LogP contribution in [0.1, 0.15) is 66.5 Å². The molecule has 0 fully saturated rings. The Bertz CT molecular complexity index is 1410. The van der Waals surface area contributed by atoms with Gasteiger partial charge in [0.2, 0.25) is 11.8 Å². The van der Waals surface area contributed by atoms with Gasteiger partial charge in [0, 0.05) is 29.4 Å². The van der Waals surface area contributed by atoms with Crippen molar-refractivity contribution in [2.45, 2.75) is 85.5 Å². The number of amides is 3. The zero-order valence-electron chi connectivity index (χ0n) is 28.7. The van der Waals surface area contributed by atoms with E-state index in [1.54, 1.807) is 62.6 Å². The van der Waals surface area contributed by atoms with E-state index in [1.165, 1.54) is 11.8 Å². The lowest BCUT2D eigenvalue weighted by atomic mass is 9.76. The van der Waals surface area contributed by atoms with Gasteiger partial charge in [-0.3, -0.25) is 14.9 Å². The van der Waals surface area contributed by atoms with Crippen LogP contribution in [-0.2, 0) is 31.1 Å². The molecule has 2 rings (SSSR count). The normalized spacial score (nSPS) is 14.2. The van der Waals surface area contributed by atoms with E-state index in [9.17, 15) is 24.3 Å². The molecule has 0 bridgehead atoms. The summed E-state index contributed by atoms with van der Waals surface area (Å²) in [6, 6.07) is 12.0. The number of nitrogen functional groups attached to an aromatic ring is 1. The number of hydrogen-bond donors (Lipinski definition) is 5. The number of carbonyl (C=O) groups excluding carboxylic acids is 3. The Hall–Kier alpha value is -4.38. The molecule has 0 saturated heterocycles. The largest absolute Gasteiger partial charge is 0.478 e. The van der Waals surface area contributed by atoms with Crippen molar-refractivity contribution in [3.63, 3.8) is 0 Å². The number of rotatable bonds is 13. The maximum atomic E-state index is 13.9. The molecule has 46 heavy (non-hydrogen) atoms. The molecule has 0 aliphatic heterocycles. The van der Waals surface area contributed by atoms with Crippen molar-refractivity contribution in [3.8, 4) is 0 Å². The van der Waals surface area contributed by atoms with Crippen LogP contribution in [-0.4, -0.2) is 66.1 Å². The minimum Gasteiger partial charge on any atom is -0.478 e. The summed E-state index contributed by atoms with van der Waals surface area (Å²) in [5.74, 6) is -1.83.